The van der Waals surface area contributed by atoms with E-state index in [1.54, 1.807) is 18.2 Å². The van der Waals surface area contributed by atoms with Gasteiger partial charge < -0.3 is 15.0 Å². The fourth-order valence-corrected chi connectivity index (χ4v) is 4.19. The molecule has 1 aliphatic heterocycles. The molecular formula is C19H20Cl2N2O2S. The standard InChI is InChI=1S/C19H20Cl2N2O2S/c1-13(26-18-16(20)3-2-4-17(18)21)19(24)22-14-5-7-15(8-6-14)23-9-11-25-12-10-23/h2-8,13H,9-12H2,1H3,(H,22,24)/t13-/m1/s1. The highest BCUT2D eigenvalue weighted by Gasteiger charge is 2.18. The third kappa shape index (κ3) is 4.86. The van der Waals surface area contributed by atoms with E-state index in [0.29, 0.717) is 10.0 Å². The molecule has 1 saturated heterocycles. The Labute approximate surface area is 167 Å². The lowest BCUT2D eigenvalue weighted by Gasteiger charge is -2.29. The van der Waals surface area contributed by atoms with Gasteiger partial charge in [-0.3, -0.25) is 4.79 Å². The molecule has 0 aliphatic carbocycles. The van der Waals surface area contributed by atoms with Crippen molar-refractivity contribution in [3.63, 3.8) is 0 Å². The second-order valence-corrected chi connectivity index (χ2v) is 8.11. The molecule has 138 valence electrons. The summed E-state index contributed by atoms with van der Waals surface area (Å²) in [5.74, 6) is -0.0925. The number of carbonyl (C=O) groups is 1. The highest BCUT2D eigenvalue weighted by Crippen LogP contribution is 2.36. The van der Waals surface area contributed by atoms with Gasteiger partial charge in [-0.25, -0.2) is 0 Å². The molecule has 3 rings (SSSR count). The Morgan fingerprint density at radius 2 is 1.73 bits per heavy atom. The van der Waals surface area contributed by atoms with Gasteiger partial charge >= 0.3 is 0 Å². The van der Waals surface area contributed by atoms with Crippen molar-refractivity contribution in [2.24, 2.45) is 0 Å². The summed E-state index contributed by atoms with van der Waals surface area (Å²) in [6.45, 7) is 5.10. The van der Waals surface area contributed by atoms with Crippen LogP contribution < -0.4 is 10.2 Å². The van der Waals surface area contributed by atoms with E-state index in [9.17, 15) is 4.79 Å². The molecule has 0 saturated carbocycles. The van der Waals surface area contributed by atoms with Crippen molar-refractivity contribution in [3.8, 4) is 0 Å². The molecule has 2 aromatic carbocycles. The first-order valence-electron chi connectivity index (χ1n) is 8.39. The van der Waals surface area contributed by atoms with Gasteiger partial charge in [-0.15, -0.1) is 11.8 Å². The van der Waals surface area contributed by atoms with Gasteiger partial charge in [0.25, 0.3) is 0 Å². The van der Waals surface area contributed by atoms with Crippen LogP contribution in [-0.4, -0.2) is 37.5 Å². The van der Waals surface area contributed by atoms with E-state index in [4.69, 9.17) is 27.9 Å². The van der Waals surface area contributed by atoms with Gasteiger partial charge in [0.2, 0.25) is 5.91 Å². The van der Waals surface area contributed by atoms with Crippen LogP contribution in [0.5, 0.6) is 0 Å². The Balaban J connectivity index is 1.60. The number of thioether (sulfide) groups is 1. The fraction of sp³-hybridized carbons (Fsp3) is 0.316. The SMILES string of the molecule is C[C@@H](Sc1c(Cl)cccc1Cl)C(=O)Nc1ccc(N2CCOCC2)cc1. The summed E-state index contributed by atoms with van der Waals surface area (Å²) < 4.78 is 5.37. The van der Waals surface area contributed by atoms with E-state index >= 15 is 0 Å². The summed E-state index contributed by atoms with van der Waals surface area (Å²) in [6, 6.07) is 13.2. The number of anilines is 2. The van der Waals surface area contributed by atoms with Crippen molar-refractivity contribution in [2.75, 3.05) is 36.5 Å². The van der Waals surface area contributed by atoms with Crippen molar-refractivity contribution in [1.82, 2.24) is 0 Å². The third-order valence-corrected chi connectivity index (χ3v) is 6.19. The van der Waals surface area contributed by atoms with Gasteiger partial charge in [0.1, 0.15) is 0 Å². The molecule has 1 atom stereocenters. The average molecular weight is 411 g/mol. The van der Waals surface area contributed by atoms with Crippen LogP contribution in [0.1, 0.15) is 6.92 Å². The van der Waals surface area contributed by atoms with Crippen molar-refractivity contribution < 1.29 is 9.53 Å². The molecule has 7 heteroatoms. The molecule has 1 heterocycles. The van der Waals surface area contributed by atoms with Crippen molar-refractivity contribution >= 4 is 52.2 Å². The smallest absolute Gasteiger partial charge is 0.237 e. The quantitative estimate of drug-likeness (QED) is 0.707. The second-order valence-electron chi connectivity index (χ2n) is 5.95. The number of amides is 1. The highest BCUT2D eigenvalue weighted by molar-refractivity contribution is 8.00. The molecule has 0 aromatic heterocycles. The number of morpholine rings is 1. The van der Waals surface area contributed by atoms with Gasteiger partial charge in [-0.1, -0.05) is 29.3 Å². The van der Waals surface area contributed by atoms with E-state index in [2.05, 4.69) is 10.2 Å². The Kier molecular flexibility index (Phi) is 6.70. The zero-order chi connectivity index (χ0) is 18.5. The van der Waals surface area contributed by atoms with E-state index in [-0.39, 0.29) is 11.2 Å². The predicted molar refractivity (Wildman–Crippen MR) is 110 cm³/mol. The minimum absolute atomic E-state index is 0.0925. The first-order valence-corrected chi connectivity index (χ1v) is 10.0. The van der Waals surface area contributed by atoms with Crippen LogP contribution in [0.4, 0.5) is 11.4 Å². The topological polar surface area (TPSA) is 41.6 Å². The molecule has 1 aliphatic rings. The minimum atomic E-state index is -0.327. The molecule has 0 radical (unpaired) electrons. The molecule has 0 spiro atoms. The van der Waals surface area contributed by atoms with Gasteiger partial charge in [0, 0.05) is 29.4 Å². The number of carbonyl (C=O) groups excluding carboxylic acids is 1. The van der Waals surface area contributed by atoms with Crippen LogP contribution in [0.2, 0.25) is 10.0 Å². The number of hydrogen-bond donors (Lipinski definition) is 1. The summed E-state index contributed by atoms with van der Waals surface area (Å²) in [4.78, 5) is 15.5. The lowest BCUT2D eigenvalue weighted by atomic mass is 10.2. The molecule has 1 fully saturated rings. The van der Waals surface area contributed by atoms with E-state index in [1.807, 2.05) is 31.2 Å². The van der Waals surface area contributed by atoms with Crippen LogP contribution in [0, 0.1) is 0 Å². The lowest BCUT2D eigenvalue weighted by molar-refractivity contribution is -0.115. The Bertz CT molecular complexity index is 744. The maximum Gasteiger partial charge on any atom is 0.237 e. The summed E-state index contributed by atoms with van der Waals surface area (Å²) >= 11 is 13.7. The van der Waals surface area contributed by atoms with E-state index in [1.165, 1.54) is 11.8 Å². The van der Waals surface area contributed by atoms with Crippen molar-refractivity contribution in [2.45, 2.75) is 17.1 Å². The number of nitrogens with zero attached hydrogens (tertiary/aromatic N) is 1. The number of ether oxygens (including phenoxy) is 1. The Morgan fingerprint density at radius 3 is 2.35 bits per heavy atom. The lowest BCUT2D eigenvalue weighted by Crippen LogP contribution is -2.36. The first kappa shape index (κ1) is 19.4. The third-order valence-electron chi connectivity index (χ3n) is 4.09. The van der Waals surface area contributed by atoms with Gasteiger partial charge in [-0.2, -0.15) is 0 Å². The van der Waals surface area contributed by atoms with Crippen molar-refractivity contribution in [3.05, 3.63) is 52.5 Å². The Morgan fingerprint density at radius 1 is 1.12 bits per heavy atom. The van der Waals surface area contributed by atoms with Crippen LogP contribution >= 0.6 is 35.0 Å². The van der Waals surface area contributed by atoms with Crippen molar-refractivity contribution in [1.29, 1.82) is 0 Å². The molecule has 0 unspecified atom stereocenters. The maximum absolute atomic E-state index is 12.5. The number of benzene rings is 2. The van der Waals surface area contributed by atoms with Crippen LogP contribution in [-0.2, 0) is 9.53 Å². The summed E-state index contributed by atoms with van der Waals surface area (Å²) in [5, 5.41) is 3.72. The van der Waals surface area contributed by atoms with Gasteiger partial charge in [0.05, 0.1) is 28.5 Å². The molecule has 26 heavy (non-hydrogen) atoms. The maximum atomic E-state index is 12.5. The zero-order valence-corrected chi connectivity index (χ0v) is 16.7. The van der Waals surface area contributed by atoms with Crippen LogP contribution in [0.25, 0.3) is 0 Å². The number of hydrogen-bond acceptors (Lipinski definition) is 4. The molecule has 1 N–H and O–H groups in total. The molecule has 2 aromatic rings. The van der Waals surface area contributed by atoms with E-state index < -0.39 is 0 Å². The van der Waals surface area contributed by atoms with Crippen LogP contribution in [0.15, 0.2) is 47.4 Å². The number of nitrogens with one attached hydrogen (secondary N) is 1. The van der Waals surface area contributed by atoms with Crippen LogP contribution in [0.3, 0.4) is 0 Å². The summed E-state index contributed by atoms with van der Waals surface area (Å²) in [7, 11) is 0. The molecule has 1 amide bonds. The second kappa shape index (κ2) is 9.00. The monoisotopic (exact) mass is 410 g/mol. The zero-order valence-electron chi connectivity index (χ0n) is 14.4. The first-order chi connectivity index (χ1) is 12.5. The number of rotatable bonds is 5. The fourth-order valence-electron chi connectivity index (χ4n) is 2.65. The average Bonchev–Trinajstić information content (AvgIpc) is 2.66. The summed E-state index contributed by atoms with van der Waals surface area (Å²) in [6.07, 6.45) is 0. The van der Waals surface area contributed by atoms with Gasteiger partial charge in [0.15, 0.2) is 0 Å². The molecular weight excluding hydrogens is 391 g/mol. The van der Waals surface area contributed by atoms with Gasteiger partial charge in [-0.05, 0) is 43.3 Å². The summed E-state index contributed by atoms with van der Waals surface area (Å²) in [5.41, 5.74) is 1.90. The van der Waals surface area contributed by atoms with E-state index in [0.717, 1.165) is 42.6 Å². The molecule has 4 nitrogen and oxygen atoms in total. The highest BCUT2D eigenvalue weighted by atomic mass is 35.5. The number of halogens is 2. The Hall–Kier alpha value is -1.40. The predicted octanol–water partition coefficient (Wildman–Crippen LogP) is 4.95. The molecule has 0 bridgehead atoms. The normalized spacial score (nSPS) is 15.6. The largest absolute Gasteiger partial charge is 0.378 e. The minimum Gasteiger partial charge on any atom is -0.378 e.